The van der Waals surface area contributed by atoms with Gasteiger partial charge in [-0.25, -0.2) is 4.39 Å². The van der Waals surface area contributed by atoms with Crippen molar-refractivity contribution in [3.05, 3.63) is 47.3 Å². The Hall–Kier alpha value is -0.860. The average Bonchev–Trinajstić information content (AvgIpc) is 3.16. The predicted molar refractivity (Wildman–Crippen MR) is 74.4 cm³/mol. The smallest absolute Gasteiger partial charge is 0.127 e. The maximum atomic E-state index is 13.8. The van der Waals surface area contributed by atoms with Crippen molar-refractivity contribution in [2.75, 3.05) is 6.54 Å². The Morgan fingerprint density at radius 3 is 2.83 bits per heavy atom. The van der Waals surface area contributed by atoms with Crippen LogP contribution >= 0.6 is 11.6 Å². The summed E-state index contributed by atoms with van der Waals surface area (Å²) in [4.78, 5) is 0. The van der Waals surface area contributed by atoms with Gasteiger partial charge in [0.05, 0.1) is 0 Å². The van der Waals surface area contributed by atoms with Crippen molar-refractivity contribution in [2.45, 2.75) is 32.2 Å². The van der Waals surface area contributed by atoms with Crippen LogP contribution in [0.15, 0.2) is 30.9 Å². The van der Waals surface area contributed by atoms with E-state index in [4.69, 9.17) is 11.6 Å². The van der Waals surface area contributed by atoms with Gasteiger partial charge in [-0.1, -0.05) is 30.7 Å². The summed E-state index contributed by atoms with van der Waals surface area (Å²) >= 11 is 6.07. The number of hydrogen-bond donors (Lipinski definition) is 1. The van der Waals surface area contributed by atoms with Gasteiger partial charge in [-0.3, -0.25) is 0 Å². The largest absolute Gasteiger partial charge is 0.313 e. The van der Waals surface area contributed by atoms with Crippen LogP contribution in [0.25, 0.3) is 0 Å². The number of halogens is 2. The van der Waals surface area contributed by atoms with Crippen molar-refractivity contribution in [1.29, 1.82) is 0 Å². The third-order valence-corrected chi connectivity index (χ3v) is 3.86. The van der Waals surface area contributed by atoms with Crippen LogP contribution in [0.2, 0.25) is 5.02 Å². The topological polar surface area (TPSA) is 12.0 Å². The SMILES string of the molecule is C=CC(C)(CNC1CC1)Cc1c(F)cccc1Cl. The highest BCUT2D eigenvalue weighted by Crippen LogP contribution is 2.30. The molecule has 0 spiro atoms. The Morgan fingerprint density at radius 2 is 2.28 bits per heavy atom. The maximum absolute atomic E-state index is 13.8. The average molecular weight is 268 g/mol. The fraction of sp³-hybridized carbons (Fsp3) is 0.467. The Balaban J connectivity index is 2.10. The third kappa shape index (κ3) is 3.33. The Bertz CT molecular complexity index is 422. The van der Waals surface area contributed by atoms with E-state index in [9.17, 15) is 4.39 Å². The molecule has 1 N–H and O–H groups in total. The van der Waals surface area contributed by atoms with Gasteiger partial charge in [0, 0.05) is 28.6 Å². The van der Waals surface area contributed by atoms with Crippen molar-refractivity contribution in [1.82, 2.24) is 5.32 Å². The minimum absolute atomic E-state index is 0.172. The van der Waals surface area contributed by atoms with Crippen molar-refractivity contribution in [3.63, 3.8) is 0 Å². The molecule has 0 radical (unpaired) electrons. The van der Waals surface area contributed by atoms with Gasteiger partial charge in [-0.05, 0) is 31.4 Å². The van der Waals surface area contributed by atoms with Gasteiger partial charge in [0.25, 0.3) is 0 Å². The molecule has 0 aromatic heterocycles. The first-order chi connectivity index (χ1) is 8.54. The van der Waals surface area contributed by atoms with E-state index in [0.29, 0.717) is 23.0 Å². The van der Waals surface area contributed by atoms with Gasteiger partial charge >= 0.3 is 0 Å². The van der Waals surface area contributed by atoms with E-state index in [-0.39, 0.29) is 11.2 Å². The first-order valence-electron chi connectivity index (χ1n) is 6.34. The standard InChI is InChI=1S/C15H19ClFN/c1-3-15(2,10-18-11-7-8-11)9-12-13(16)5-4-6-14(12)17/h3-6,11,18H,1,7-10H2,2H3. The molecule has 0 aliphatic heterocycles. The summed E-state index contributed by atoms with van der Waals surface area (Å²) in [5, 5.41) is 3.97. The molecule has 1 nitrogen and oxygen atoms in total. The summed E-state index contributed by atoms with van der Waals surface area (Å²) < 4.78 is 13.8. The molecule has 0 amide bonds. The fourth-order valence-electron chi connectivity index (χ4n) is 1.98. The zero-order chi connectivity index (χ0) is 13.2. The molecule has 1 aromatic rings. The van der Waals surface area contributed by atoms with Gasteiger partial charge in [0.15, 0.2) is 0 Å². The molecule has 1 unspecified atom stereocenters. The van der Waals surface area contributed by atoms with Crippen molar-refractivity contribution >= 4 is 11.6 Å². The van der Waals surface area contributed by atoms with Crippen LogP contribution in [0, 0.1) is 11.2 Å². The minimum Gasteiger partial charge on any atom is -0.313 e. The van der Waals surface area contributed by atoms with E-state index in [0.717, 1.165) is 6.54 Å². The van der Waals surface area contributed by atoms with E-state index >= 15 is 0 Å². The molecule has 1 atom stereocenters. The number of rotatable bonds is 6. The minimum atomic E-state index is -0.234. The van der Waals surface area contributed by atoms with Crippen LogP contribution < -0.4 is 5.32 Å². The second-order valence-corrected chi connectivity index (χ2v) is 5.80. The summed E-state index contributed by atoms with van der Waals surface area (Å²) in [6.07, 6.45) is 4.95. The summed E-state index contributed by atoms with van der Waals surface area (Å²) in [6, 6.07) is 5.46. The lowest BCUT2D eigenvalue weighted by Gasteiger charge is -2.27. The number of nitrogens with one attached hydrogen (secondary N) is 1. The monoisotopic (exact) mass is 267 g/mol. The van der Waals surface area contributed by atoms with Crippen LogP contribution in [0.3, 0.4) is 0 Å². The van der Waals surface area contributed by atoms with E-state index < -0.39 is 0 Å². The molecule has 98 valence electrons. The Morgan fingerprint density at radius 1 is 1.56 bits per heavy atom. The molecule has 1 saturated carbocycles. The quantitative estimate of drug-likeness (QED) is 0.769. The lowest BCUT2D eigenvalue weighted by Crippen LogP contribution is -2.33. The molecule has 1 fully saturated rings. The molecular formula is C15H19ClFN. The van der Waals surface area contributed by atoms with Gasteiger partial charge in [-0.2, -0.15) is 0 Å². The van der Waals surface area contributed by atoms with Crippen LogP contribution in [0.5, 0.6) is 0 Å². The Kier molecular flexibility index (Phi) is 4.08. The molecule has 18 heavy (non-hydrogen) atoms. The van der Waals surface area contributed by atoms with Crippen LogP contribution in [-0.2, 0) is 6.42 Å². The van der Waals surface area contributed by atoms with E-state index in [1.54, 1.807) is 12.1 Å². The summed E-state index contributed by atoms with van der Waals surface area (Å²) in [6.45, 7) is 6.77. The summed E-state index contributed by atoms with van der Waals surface area (Å²) in [7, 11) is 0. The molecule has 2 rings (SSSR count). The number of benzene rings is 1. The van der Waals surface area contributed by atoms with Gasteiger partial charge < -0.3 is 5.32 Å². The highest BCUT2D eigenvalue weighted by molar-refractivity contribution is 6.31. The molecule has 1 aromatic carbocycles. The van der Waals surface area contributed by atoms with Crippen LogP contribution in [-0.4, -0.2) is 12.6 Å². The van der Waals surface area contributed by atoms with Crippen molar-refractivity contribution < 1.29 is 4.39 Å². The normalized spacial score (nSPS) is 18.4. The van der Waals surface area contributed by atoms with E-state index in [1.807, 2.05) is 6.08 Å². The first kappa shape index (κ1) is 13.6. The van der Waals surface area contributed by atoms with Crippen LogP contribution in [0.4, 0.5) is 4.39 Å². The zero-order valence-electron chi connectivity index (χ0n) is 10.7. The number of hydrogen-bond acceptors (Lipinski definition) is 1. The molecular weight excluding hydrogens is 249 g/mol. The molecule has 3 heteroatoms. The van der Waals surface area contributed by atoms with Crippen molar-refractivity contribution in [2.24, 2.45) is 5.41 Å². The lowest BCUT2D eigenvalue weighted by molar-refractivity contribution is 0.383. The Labute approximate surface area is 113 Å². The maximum Gasteiger partial charge on any atom is 0.127 e. The van der Waals surface area contributed by atoms with Crippen molar-refractivity contribution in [3.8, 4) is 0 Å². The molecule has 1 aliphatic carbocycles. The van der Waals surface area contributed by atoms with Gasteiger partial charge in [0.2, 0.25) is 0 Å². The first-order valence-corrected chi connectivity index (χ1v) is 6.72. The van der Waals surface area contributed by atoms with E-state index in [1.165, 1.54) is 18.9 Å². The third-order valence-electron chi connectivity index (χ3n) is 3.51. The van der Waals surface area contributed by atoms with Gasteiger partial charge in [-0.15, -0.1) is 6.58 Å². The van der Waals surface area contributed by atoms with E-state index in [2.05, 4.69) is 18.8 Å². The fourth-order valence-corrected chi connectivity index (χ4v) is 2.21. The lowest BCUT2D eigenvalue weighted by atomic mass is 9.83. The van der Waals surface area contributed by atoms with Gasteiger partial charge in [0.1, 0.15) is 5.82 Å². The molecule has 1 aliphatic rings. The zero-order valence-corrected chi connectivity index (χ0v) is 11.4. The second kappa shape index (κ2) is 5.41. The highest BCUT2D eigenvalue weighted by Gasteiger charge is 2.28. The van der Waals surface area contributed by atoms with Crippen LogP contribution in [0.1, 0.15) is 25.3 Å². The predicted octanol–water partition coefficient (Wildman–Crippen LogP) is 3.97. The highest BCUT2D eigenvalue weighted by atomic mass is 35.5. The molecule has 0 heterocycles. The molecule has 0 saturated heterocycles. The molecule has 0 bridgehead atoms. The second-order valence-electron chi connectivity index (χ2n) is 5.39. The summed E-state index contributed by atoms with van der Waals surface area (Å²) in [5.41, 5.74) is 0.410. The summed E-state index contributed by atoms with van der Waals surface area (Å²) in [5.74, 6) is -0.234.